The quantitative estimate of drug-likeness (QED) is 0.818. The lowest BCUT2D eigenvalue weighted by atomic mass is 10.3. The van der Waals surface area contributed by atoms with Gasteiger partial charge in [-0.05, 0) is 13.6 Å². The normalized spacial score (nSPS) is 17.8. The number of ether oxygens (including phenoxy) is 1. The van der Waals surface area contributed by atoms with Crippen LogP contribution in [0.1, 0.15) is 22.5 Å². The molecule has 1 fully saturated rings. The van der Waals surface area contributed by atoms with Crippen molar-refractivity contribution in [2.45, 2.75) is 26.6 Å². The summed E-state index contributed by atoms with van der Waals surface area (Å²) in [6, 6.07) is 0. The summed E-state index contributed by atoms with van der Waals surface area (Å²) in [5.74, 6) is 0. The summed E-state index contributed by atoms with van der Waals surface area (Å²) >= 11 is 1.82. The van der Waals surface area contributed by atoms with E-state index < -0.39 is 0 Å². The molecule has 114 valence electrons. The van der Waals surface area contributed by atoms with E-state index in [1.807, 2.05) is 18.4 Å². The summed E-state index contributed by atoms with van der Waals surface area (Å²) in [5, 5.41) is 4.42. The maximum absolute atomic E-state index is 5.24. The smallest absolute Gasteiger partial charge is 0.107 e. The van der Waals surface area contributed by atoms with Gasteiger partial charge >= 0.3 is 0 Å². The van der Waals surface area contributed by atoms with Crippen LogP contribution in [-0.2, 0) is 24.4 Å². The Hall–Kier alpha value is -0.530. The molecule has 2 rings (SSSR count). The number of hydrogen-bond acceptors (Lipinski definition) is 6. The summed E-state index contributed by atoms with van der Waals surface area (Å²) in [6.07, 6.45) is 0. The van der Waals surface area contributed by atoms with Gasteiger partial charge in [-0.1, -0.05) is 6.92 Å². The van der Waals surface area contributed by atoms with Gasteiger partial charge in [-0.2, -0.15) is 0 Å². The second kappa shape index (κ2) is 8.05. The van der Waals surface area contributed by atoms with E-state index in [1.165, 1.54) is 23.0 Å². The zero-order chi connectivity index (χ0) is 14.4. The molecule has 0 aliphatic carbocycles. The van der Waals surface area contributed by atoms with Crippen LogP contribution >= 0.6 is 11.3 Å². The molecule has 0 atom stereocenters. The van der Waals surface area contributed by atoms with Gasteiger partial charge < -0.3 is 15.0 Å². The second-order valence-corrected chi connectivity index (χ2v) is 6.32. The highest BCUT2D eigenvalue weighted by atomic mass is 32.1. The van der Waals surface area contributed by atoms with Gasteiger partial charge in [0.05, 0.1) is 18.8 Å². The number of rotatable bonds is 7. The summed E-state index contributed by atoms with van der Waals surface area (Å²) in [5.41, 5.74) is 1.09. The number of hydrogen-bond donors (Lipinski definition) is 1. The molecule has 0 spiro atoms. The Morgan fingerprint density at radius 3 is 2.55 bits per heavy atom. The maximum Gasteiger partial charge on any atom is 0.107 e. The van der Waals surface area contributed by atoms with Crippen LogP contribution < -0.4 is 5.32 Å². The number of nitrogens with one attached hydrogen (secondary N) is 1. The summed E-state index contributed by atoms with van der Waals surface area (Å²) in [6.45, 7) is 10.5. The third-order valence-electron chi connectivity index (χ3n) is 3.71. The number of aromatic nitrogens is 1. The van der Waals surface area contributed by atoms with Gasteiger partial charge in [-0.15, -0.1) is 11.3 Å². The Bertz CT molecular complexity index is 378. The Labute approximate surface area is 125 Å². The Morgan fingerprint density at radius 2 is 1.95 bits per heavy atom. The van der Waals surface area contributed by atoms with Crippen LogP contribution in [0, 0.1) is 0 Å². The second-order valence-electron chi connectivity index (χ2n) is 5.15. The molecule has 5 nitrogen and oxygen atoms in total. The molecular weight excluding hydrogens is 272 g/mol. The lowest BCUT2D eigenvalue weighted by Crippen LogP contribution is -2.45. The lowest BCUT2D eigenvalue weighted by Gasteiger charge is -2.33. The van der Waals surface area contributed by atoms with Gasteiger partial charge in [-0.3, -0.25) is 4.90 Å². The molecule has 1 aliphatic rings. The number of likely N-dealkylation sites (N-methyl/N-ethyl adjacent to an activating group) is 1. The predicted molar refractivity (Wildman–Crippen MR) is 83.0 cm³/mol. The van der Waals surface area contributed by atoms with Gasteiger partial charge in [0.2, 0.25) is 0 Å². The highest BCUT2D eigenvalue weighted by Crippen LogP contribution is 2.21. The van der Waals surface area contributed by atoms with Crippen LogP contribution in [0.25, 0.3) is 0 Å². The fourth-order valence-corrected chi connectivity index (χ4v) is 3.63. The molecule has 1 aliphatic heterocycles. The molecule has 0 radical (unpaired) electrons. The van der Waals surface area contributed by atoms with Gasteiger partial charge in [0.15, 0.2) is 0 Å². The zero-order valence-electron chi connectivity index (χ0n) is 12.8. The highest BCUT2D eigenvalue weighted by molar-refractivity contribution is 7.11. The van der Waals surface area contributed by atoms with Gasteiger partial charge in [0.25, 0.3) is 0 Å². The predicted octanol–water partition coefficient (Wildman–Crippen LogP) is 1.15. The van der Waals surface area contributed by atoms with Crippen molar-refractivity contribution in [1.82, 2.24) is 20.1 Å². The van der Waals surface area contributed by atoms with E-state index in [9.17, 15) is 0 Å². The fraction of sp³-hybridized carbons (Fsp3) is 0.786. The maximum atomic E-state index is 5.24. The molecule has 1 aromatic heterocycles. The van der Waals surface area contributed by atoms with E-state index >= 15 is 0 Å². The molecule has 0 unspecified atom stereocenters. The van der Waals surface area contributed by atoms with E-state index in [2.05, 4.69) is 22.0 Å². The van der Waals surface area contributed by atoms with Crippen LogP contribution in [0.2, 0.25) is 0 Å². The number of thiazole rings is 1. The summed E-state index contributed by atoms with van der Waals surface area (Å²) in [7, 11) is 3.70. The van der Waals surface area contributed by atoms with E-state index in [-0.39, 0.29) is 0 Å². The topological polar surface area (TPSA) is 40.6 Å². The molecule has 1 N–H and O–H groups in total. The lowest BCUT2D eigenvalue weighted by molar-refractivity contribution is 0.131. The number of methoxy groups -OCH3 is 1. The van der Waals surface area contributed by atoms with Crippen molar-refractivity contribution in [3.8, 4) is 0 Å². The van der Waals surface area contributed by atoms with E-state index in [4.69, 9.17) is 9.72 Å². The molecule has 20 heavy (non-hydrogen) atoms. The third kappa shape index (κ3) is 4.23. The summed E-state index contributed by atoms with van der Waals surface area (Å²) < 4.78 is 5.24. The molecule has 0 bridgehead atoms. The first kappa shape index (κ1) is 15.9. The highest BCUT2D eigenvalue weighted by Gasteiger charge is 2.18. The monoisotopic (exact) mass is 298 g/mol. The molecule has 0 amide bonds. The Balaban J connectivity index is 1.93. The third-order valence-corrected chi connectivity index (χ3v) is 4.79. The van der Waals surface area contributed by atoms with E-state index in [1.54, 1.807) is 7.11 Å². The van der Waals surface area contributed by atoms with Crippen molar-refractivity contribution >= 4 is 11.3 Å². The van der Waals surface area contributed by atoms with Crippen LogP contribution in [-0.4, -0.2) is 61.7 Å². The van der Waals surface area contributed by atoms with Gasteiger partial charge in [0.1, 0.15) is 5.01 Å². The van der Waals surface area contributed by atoms with Crippen molar-refractivity contribution in [3.05, 3.63) is 15.6 Å². The summed E-state index contributed by atoms with van der Waals surface area (Å²) in [4.78, 5) is 11.1. The van der Waals surface area contributed by atoms with Crippen molar-refractivity contribution in [1.29, 1.82) is 0 Å². The van der Waals surface area contributed by atoms with Crippen LogP contribution in [0.15, 0.2) is 0 Å². The molecule has 1 saturated heterocycles. The van der Waals surface area contributed by atoms with Crippen LogP contribution in [0.3, 0.4) is 0 Å². The fourth-order valence-electron chi connectivity index (χ4n) is 2.51. The SMILES string of the molecule is CCN1CCN(Cc2nc(COC)c(CNC)s2)CC1. The first-order valence-corrected chi connectivity index (χ1v) is 8.14. The minimum atomic E-state index is 0.608. The molecule has 0 saturated carbocycles. The Morgan fingerprint density at radius 1 is 1.25 bits per heavy atom. The Kier molecular flexibility index (Phi) is 6.38. The van der Waals surface area contributed by atoms with Crippen molar-refractivity contribution in [2.75, 3.05) is 46.9 Å². The van der Waals surface area contributed by atoms with E-state index in [0.717, 1.165) is 38.4 Å². The average Bonchev–Trinajstić information content (AvgIpc) is 2.82. The molecule has 0 aromatic carbocycles. The van der Waals surface area contributed by atoms with Gasteiger partial charge in [-0.25, -0.2) is 4.98 Å². The van der Waals surface area contributed by atoms with Gasteiger partial charge in [0, 0.05) is 44.7 Å². The first-order valence-electron chi connectivity index (χ1n) is 7.32. The first-order chi connectivity index (χ1) is 9.76. The van der Waals surface area contributed by atoms with Crippen molar-refractivity contribution < 1.29 is 4.74 Å². The zero-order valence-corrected chi connectivity index (χ0v) is 13.6. The van der Waals surface area contributed by atoms with Crippen molar-refractivity contribution in [3.63, 3.8) is 0 Å². The molecule has 6 heteroatoms. The molecule has 2 heterocycles. The molecular formula is C14H26N4OS. The minimum Gasteiger partial charge on any atom is -0.378 e. The van der Waals surface area contributed by atoms with Crippen molar-refractivity contribution in [2.24, 2.45) is 0 Å². The number of nitrogens with zero attached hydrogens (tertiary/aromatic N) is 3. The average molecular weight is 298 g/mol. The molecule has 1 aromatic rings. The standard InChI is InChI=1S/C14H26N4OS/c1-4-17-5-7-18(8-6-17)10-14-16-12(11-19-3)13(20-14)9-15-2/h15H,4-11H2,1-3H3. The number of piperazine rings is 1. The van der Waals surface area contributed by atoms with Crippen LogP contribution in [0.5, 0.6) is 0 Å². The van der Waals surface area contributed by atoms with Crippen LogP contribution in [0.4, 0.5) is 0 Å². The minimum absolute atomic E-state index is 0.608. The largest absolute Gasteiger partial charge is 0.378 e. The van der Waals surface area contributed by atoms with E-state index in [0.29, 0.717) is 6.61 Å².